The molecule has 0 fully saturated rings. The fourth-order valence-corrected chi connectivity index (χ4v) is 3.95. The van der Waals surface area contributed by atoms with Crippen LogP contribution in [0.2, 0.25) is 0 Å². The highest BCUT2D eigenvalue weighted by atomic mass is 32.2. The quantitative estimate of drug-likeness (QED) is 0.170. The van der Waals surface area contributed by atoms with E-state index in [-0.39, 0.29) is 5.69 Å². The summed E-state index contributed by atoms with van der Waals surface area (Å²) in [5.74, 6) is 2.17. The van der Waals surface area contributed by atoms with E-state index in [0.29, 0.717) is 28.8 Å². The average Bonchev–Trinajstić information content (AvgIpc) is 3.14. The molecular weight excluding hydrogens is 402 g/mol. The van der Waals surface area contributed by atoms with Gasteiger partial charge in [-0.25, -0.2) is 4.98 Å². The van der Waals surface area contributed by atoms with Crippen molar-refractivity contribution in [3.8, 4) is 17.2 Å². The third-order valence-electron chi connectivity index (χ3n) is 4.47. The number of hydrogen-bond donors (Lipinski definition) is 0. The van der Waals surface area contributed by atoms with Crippen LogP contribution in [-0.2, 0) is 0 Å². The lowest BCUT2D eigenvalue weighted by Gasteiger charge is -2.13. The number of nitrogens with zero attached hydrogens (tertiary/aromatic N) is 3. The third kappa shape index (κ3) is 4.08. The van der Waals surface area contributed by atoms with E-state index >= 15 is 0 Å². The number of fused-ring (bicyclic) bond motifs is 1. The maximum Gasteiger partial charge on any atom is 0.271 e. The molecule has 3 aromatic carbocycles. The molecule has 0 aliphatic heterocycles. The van der Waals surface area contributed by atoms with E-state index in [1.54, 1.807) is 13.2 Å². The van der Waals surface area contributed by atoms with Gasteiger partial charge in [-0.3, -0.25) is 14.7 Å². The number of imidazole rings is 1. The Kier molecular flexibility index (Phi) is 5.85. The van der Waals surface area contributed by atoms with Crippen LogP contribution in [0.25, 0.3) is 16.7 Å². The Morgan fingerprint density at radius 2 is 1.83 bits per heavy atom. The SMILES string of the molecule is COc1ccccc1-n1c(SCCOc2ccccc2)nc2cc([N+](=O)[O-])ccc21. The smallest absolute Gasteiger partial charge is 0.271 e. The summed E-state index contributed by atoms with van der Waals surface area (Å²) in [7, 11) is 1.61. The zero-order chi connectivity index (χ0) is 20.9. The molecule has 0 atom stereocenters. The van der Waals surface area contributed by atoms with Gasteiger partial charge in [0, 0.05) is 17.9 Å². The Balaban J connectivity index is 1.67. The van der Waals surface area contributed by atoms with Crippen LogP contribution in [0.4, 0.5) is 5.69 Å². The second-order valence-corrected chi connectivity index (χ2v) is 7.40. The van der Waals surface area contributed by atoms with Gasteiger partial charge in [-0.15, -0.1) is 0 Å². The molecule has 7 nitrogen and oxygen atoms in total. The maximum atomic E-state index is 11.2. The molecule has 0 unspecified atom stereocenters. The van der Waals surface area contributed by atoms with Crippen LogP contribution in [0.1, 0.15) is 0 Å². The highest BCUT2D eigenvalue weighted by Crippen LogP contribution is 2.33. The Morgan fingerprint density at radius 1 is 1.07 bits per heavy atom. The van der Waals surface area contributed by atoms with Crippen molar-refractivity contribution in [3.05, 3.63) is 82.9 Å². The number of ether oxygens (including phenoxy) is 2. The highest BCUT2D eigenvalue weighted by Gasteiger charge is 2.18. The van der Waals surface area contributed by atoms with Crippen LogP contribution < -0.4 is 9.47 Å². The Labute approximate surface area is 177 Å². The molecule has 30 heavy (non-hydrogen) atoms. The molecule has 152 valence electrons. The minimum absolute atomic E-state index is 0.0103. The predicted octanol–water partition coefficient (Wildman–Crippen LogP) is 5.11. The first-order valence-corrected chi connectivity index (χ1v) is 10.3. The standard InChI is InChI=1S/C22H19N3O4S/c1-28-21-10-6-5-9-20(21)24-19-12-11-16(25(26)27)15-18(19)23-22(24)30-14-13-29-17-7-3-2-4-8-17/h2-12,15H,13-14H2,1H3. The van der Waals surface area contributed by atoms with Crippen molar-refractivity contribution in [1.82, 2.24) is 9.55 Å². The molecule has 0 bridgehead atoms. The molecule has 4 rings (SSSR count). The summed E-state index contributed by atoms with van der Waals surface area (Å²) in [4.78, 5) is 15.4. The Hall–Kier alpha value is -3.52. The van der Waals surface area contributed by atoms with Crippen molar-refractivity contribution in [1.29, 1.82) is 0 Å². The molecule has 4 aromatic rings. The fourth-order valence-electron chi connectivity index (χ4n) is 3.11. The first-order valence-electron chi connectivity index (χ1n) is 9.28. The number of benzene rings is 3. The first-order chi connectivity index (χ1) is 14.7. The van der Waals surface area contributed by atoms with E-state index in [1.165, 1.54) is 23.9 Å². The van der Waals surface area contributed by atoms with Crippen molar-refractivity contribution in [2.24, 2.45) is 0 Å². The highest BCUT2D eigenvalue weighted by molar-refractivity contribution is 7.99. The molecule has 0 aliphatic carbocycles. The number of para-hydroxylation sites is 3. The van der Waals surface area contributed by atoms with E-state index in [2.05, 4.69) is 4.98 Å². The summed E-state index contributed by atoms with van der Waals surface area (Å²) in [5, 5.41) is 11.9. The lowest BCUT2D eigenvalue weighted by molar-refractivity contribution is -0.384. The zero-order valence-corrected chi connectivity index (χ0v) is 17.0. The largest absolute Gasteiger partial charge is 0.495 e. The van der Waals surface area contributed by atoms with Crippen molar-refractivity contribution >= 4 is 28.5 Å². The third-order valence-corrected chi connectivity index (χ3v) is 5.37. The second-order valence-electron chi connectivity index (χ2n) is 6.34. The molecule has 0 saturated carbocycles. The normalized spacial score (nSPS) is 10.8. The molecule has 0 aliphatic rings. The van der Waals surface area contributed by atoms with Gasteiger partial charge in [0.2, 0.25) is 0 Å². The molecule has 0 radical (unpaired) electrons. The first kappa shape index (κ1) is 19.8. The van der Waals surface area contributed by atoms with Crippen LogP contribution in [0.3, 0.4) is 0 Å². The van der Waals surface area contributed by atoms with Gasteiger partial charge in [0.25, 0.3) is 5.69 Å². The summed E-state index contributed by atoms with van der Waals surface area (Å²) in [6.45, 7) is 0.504. The van der Waals surface area contributed by atoms with Gasteiger partial charge < -0.3 is 9.47 Å². The second kappa shape index (κ2) is 8.87. The summed E-state index contributed by atoms with van der Waals surface area (Å²) in [6.07, 6.45) is 0. The molecule has 0 spiro atoms. The molecule has 1 aromatic heterocycles. The van der Waals surface area contributed by atoms with Crippen LogP contribution in [0.15, 0.2) is 78.0 Å². The summed E-state index contributed by atoms with van der Waals surface area (Å²) >= 11 is 1.52. The van der Waals surface area contributed by atoms with Crippen LogP contribution >= 0.6 is 11.8 Å². The van der Waals surface area contributed by atoms with Crippen molar-refractivity contribution in [3.63, 3.8) is 0 Å². The molecule has 8 heteroatoms. The minimum Gasteiger partial charge on any atom is -0.495 e. The topological polar surface area (TPSA) is 79.4 Å². The maximum absolute atomic E-state index is 11.2. The van der Waals surface area contributed by atoms with E-state index < -0.39 is 4.92 Å². The van der Waals surface area contributed by atoms with Crippen molar-refractivity contribution < 1.29 is 14.4 Å². The van der Waals surface area contributed by atoms with Gasteiger partial charge in [-0.2, -0.15) is 0 Å². The number of aromatic nitrogens is 2. The molecule has 0 N–H and O–H groups in total. The van der Waals surface area contributed by atoms with Gasteiger partial charge in [-0.1, -0.05) is 42.1 Å². The minimum atomic E-state index is -0.415. The lowest BCUT2D eigenvalue weighted by atomic mass is 10.2. The number of non-ortho nitro benzene ring substituents is 1. The van der Waals surface area contributed by atoms with Gasteiger partial charge in [0.1, 0.15) is 11.5 Å². The number of thioether (sulfide) groups is 1. The number of hydrogen-bond acceptors (Lipinski definition) is 6. The summed E-state index contributed by atoms with van der Waals surface area (Å²) in [5.41, 5.74) is 2.16. The number of nitro groups is 1. The van der Waals surface area contributed by atoms with Crippen LogP contribution in [0.5, 0.6) is 11.5 Å². The fraction of sp³-hybridized carbons (Fsp3) is 0.136. The van der Waals surface area contributed by atoms with Gasteiger partial charge in [-0.05, 0) is 30.3 Å². The van der Waals surface area contributed by atoms with Crippen LogP contribution in [0, 0.1) is 10.1 Å². The number of methoxy groups -OCH3 is 1. The number of rotatable bonds is 8. The molecule has 1 heterocycles. The summed E-state index contributed by atoms with van der Waals surface area (Å²) in [6, 6.07) is 21.9. The Morgan fingerprint density at radius 3 is 2.60 bits per heavy atom. The number of nitro benzene ring substituents is 1. The average molecular weight is 421 g/mol. The van der Waals surface area contributed by atoms with Crippen molar-refractivity contribution in [2.45, 2.75) is 5.16 Å². The predicted molar refractivity (Wildman–Crippen MR) is 117 cm³/mol. The van der Waals surface area contributed by atoms with Crippen molar-refractivity contribution in [2.75, 3.05) is 19.5 Å². The molecular formula is C22H19N3O4S. The molecule has 0 amide bonds. The van der Waals surface area contributed by atoms with Crippen LogP contribution in [-0.4, -0.2) is 33.9 Å². The van der Waals surface area contributed by atoms with Gasteiger partial charge in [0.15, 0.2) is 5.16 Å². The van der Waals surface area contributed by atoms with E-state index in [4.69, 9.17) is 9.47 Å². The van der Waals surface area contributed by atoms with E-state index in [1.807, 2.05) is 59.2 Å². The summed E-state index contributed by atoms with van der Waals surface area (Å²) < 4.78 is 13.3. The Bertz CT molecular complexity index is 1180. The zero-order valence-electron chi connectivity index (χ0n) is 16.2. The van der Waals surface area contributed by atoms with E-state index in [0.717, 1.165) is 17.0 Å². The van der Waals surface area contributed by atoms with E-state index in [9.17, 15) is 10.1 Å². The molecule has 0 saturated heterocycles. The monoisotopic (exact) mass is 421 g/mol. The lowest BCUT2D eigenvalue weighted by Crippen LogP contribution is -2.03. The van der Waals surface area contributed by atoms with Gasteiger partial charge in [0.05, 0.1) is 35.4 Å². The van der Waals surface area contributed by atoms with Gasteiger partial charge >= 0.3 is 0 Å².